The Morgan fingerprint density at radius 2 is 1.86 bits per heavy atom. The molecule has 3 N–H and O–H groups in total. The summed E-state index contributed by atoms with van der Waals surface area (Å²) in [7, 11) is 0. The number of hydrogen-bond donors (Lipinski definition) is 2. The van der Waals surface area contributed by atoms with E-state index in [1.54, 1.807) is 32.9 Å². The molecule has 1 fully saturated rings. The van der Waals surface area contributed by atoms with Crippen LogP contribution in [0.4, 0.5) is 18.9 Å². The minimum Gasteiger partial charge on any atom is -0.460 e. The molecule has 1 saturated carbocycles. The summed E-state index contributed by atoms with van der Waals surface area (Å²) in [6, 6.07) is 3.01. The van der Waals surface area contributed by atoms with Crippen LogP contribution in [0.1, 0.15) is 46.1 Å². The summed E-state index contributed by atoms with van der Waals surface area (Å²) in [4.78, 5) is 24.7. The lowest BCUT2D eigenvalue weighted by molar-refractivity contribution is -0.176. The van der Waals surface area contributed by atoms with E-state index in [0.717, 1.165) is 6.92 Å². The van der Waals surface area contributed by atoms with Crippen LogP contribution in [-0.4, -0.2) is 29.7 Å². The van der Waals surface area contributed by atoms with Gasteiger partial charge < -0.3 is 15.8 Å². The Balaban J connectivity index is 2.12. The van der Waals surface area contributed by atoms with Gasteiger partial charge in [0, 0.05) is 0 Å². The van der Waals surface area contributed by atoms with Gasteiger partial charge in [0.25, 0.3) is 0 Å². The number of carbonyl (C=O) groups is 2. The maximum atomic E-state index is 12.8. The van der Waals surface area contributed by atoms with Crippen molar-refractivity contribution in [1.82, 2.24) is 0 Å². The molecule has 0 aromatic heterocycles. The second-order valence-corrected chi connectivity index (χ2v) is 9.03. The van der Waals surface area contributed by atoms with Gasteiger partial charge in [-0.25, -0.2) is 0 Å². The minimum absolute atomic E-state index is 0.152. The summed E-state index contributed by atoms with van der Waals surface area (Å²) in [5.74, 6) is -3.28. The molecule has 1 aromatic rings. The van der Waals surface area contributed by atoms with Crippen molar-refractivity contribution in [1.29, 1.82) is 0 Å². The molecule has 2 atom stereocenters. The van der Waals surface area contributed by atoms with Crippen LogP contribution >= 0.6 is 11.6 Å². The van der Waals surface area contributed by atoms with E-state index in [4.69, 9.17) is 22.1 Å². The fourth-order valence-electron chi connectivity index (χ4n) is 2.81. The molecule has 0 spiro atoms. The van der Waals surface area contributed by atoms with Gasteiger partial charge in [0.05, 0.1) is 28.1 Å². The second-order valence-electron chi connectivity index (χ2n) is 8.62. The first-order valence-corrected chi connectivity index (χ1v) is 9.67. The van der Waals surface area contributed by atoms with Gasteiger partial charge in [-0.05, 0) is 57.7 Å². The van der Waals surface area contributed by atoms with Crippen molar-refractivity contribution in [3.05, 3.63) is 28.8 Å². The molecule has 2 rings (SSSR count). The topological polar surface area (TPSA) is 81.4 Å². The number of nitrogens with one attached hydrogen (secondary N) is 1. The number of halogens is 4. The number of carbonyl (C=O) groups excluding carboxylic acids is 2. The zero-order valence-electron chi connectivity index (χ0n) is 16.8. The molecule has 1 aromatic carbocycles. The standard InChI is InChI=1S/C20H26ClF3N2O3/c1-11(20(22,23)24)15(25)16(27)26-14-9-12(5-6-13(14)21)10-19(7-8-19)17(28)29-18(2,3)4/h5-6,9,11,15H,7-8,10,25H2,1-4H3,(H,26,27). The Kier molecular flexibility index (Phi) is 6.59. The highest BCUT2D eigenvalue weighted by Gasteiger charge is 2.52. The Labute approximate surface area is 173 Å². The molecule has 1 aliphatic rings. The molecule has 2 unspecified atom stereocenters. The van der Waals surface area contributed by atoms with Crippen molar-refractivity contribution >= 4 is 29.2 Å². The zero-order valence-corrected chi connectivity index (χ0v) is 17.6. The van der Waals surface area contributed by atoms with E-state index in [-0.39, 0.29) is 16.7 Å². The molecule has 162 valence electrons. The van der Waals surface area contributed by atoms with Gasteiger partial charge in [-0.15, -0.1) is 0 Å². The van der Waals surface area contributed by atoms with Crippen LogP contribution in [-0.2, 0) is 20.7 Å². The zero-order chi connectivity index (χ0) is 22.2. The highest BCUT2D eigenvalue weighted by atomic mass is 35.5. The van der Waals surface area contributed by atoms with Gasteiger partial charge in [-0.1, -0.05) is 24.6 Å². The van der Waals surface area contributed by atoms with E-state index in [2.05, 4.69) is 5.32 Å². The number of alkyl halides is 3. The lowest BCUT2D eigenvalue weighted by Gasteiger charge is -2.24. The maximum Gasteiger partial charge on any atom is 0.393 e. The number of hydrogen-bond acceptors (Lipinski definition) is 4. The van der Waals surface area contributed by atoms with E-state index in [1.165, 1.54) is 6.07 Å². The minimum atomic E-state index is -4.59. The van der Waals surface area contributed by atoms with Gasteiger partial charge >= 0.3 is 12.1 Å². The third kappa shape index (κ3) is 6.09. The van der Waals surface area contributed by atoms with Crippen molar-refractivity contribution in [3.63, 3.8) is 0 Å². The molecule has 9 heteroatoms. The number of nitrogens with two attached hydrogens (primary N) is 1. The van der Waals surface area contributed by atoms with Crippen LogP contribution < -0.4 is 11.1 Å². The van der Waals surface area contributed by atoms with Crippen molar-refractivity contribution in [2.45, 2.75) is 64.8 Å². The van der Waals surface area contributed by atoms with Crippen LogP contribution in [0.15, 0.2) is 18.2 Å². The first-order chi connectivity index (χ1) is 13.1. The molecule has 29 heavy (non-hydrogen) atoms. The van der Waals surface area contributed by atoms with Crippen LogP contribution in [0.25, 0.3) is 0 Å². The highest BCUT2D eigenvalue weighted by molar-refractivity contribution is 6.33. The maximum absolute atomic E-state index is 12.8. The number of amides is 1. The van der Waals surface area contributed by atoms with Crippen LogP contribution in [0, 0.1) is 11.3 Å². The summed E-state index contributed by atoms with van der Waals surface area (Å²) in [6.07, 6.45) is -2.85. The summed E-state index contributed by atoms with van der Waals surface area (Å²) < 4.78 is 43.9. The summed E-state index contributed by atoms with van der Waals surface area (Å²) in [6.45, 7) is 6.23. The fourth-order valence-corrected chi connectivity index (χ4v) is 2.97. The largest absolute Gasteiger partial charge is 0.460 e. The van der Waals surface area contributed by atoms with Gasteiger partial charge in [-0.3, -0.25) is 9.59 Å². The smallest absolute Gasteiger partial charge is 0.393 e. The van der Waals surface area contributed by atoms with Gasteiger partial charge in [-0.2, -0.15) is 13.2 Å². The summed E-state index contributed by atoms with van der Waals surface area (Å²) >= 11 is 6.08. The molecular weight excluding hydrogens is 409 g/mol. The van der Waals surface area contributed by atoms with E-state index in [0.29, 0.717) is 24.8 Å². The van der Waals surface area contributed by atoms with E-state index in [9.17, 15) is 22.8 Å². The van der Waals surface area contributed by atoms with Gasteiger partial charge in [0.2, 0.25) is 5.91 Å². The lowest BCUT2D eigenvalue weighted by atomic mass is 9.95. The van der Waals surface area contributed by atoms with Gasteiger partial charge in [0.1, 0.15) is 5.60 Å². The first-order valence-electron chi connectivity index (χ1n) is 9.30. The normalized spacial score (nSPS) is 18.0. The third-order valence-electron chi connectivity index (χ3n) is 4.87. The number of anilines is 1. The SMILES string of the molecule is CC(C(N)C(=O)Nc1cc(CC2(C(=O)OC(C)(C)C)CC2)ccc1Cl)C(F)(F)F. The van der Waals surface area contributed by atoms with Gasteiger partial charge in [0.15, 0.2) is 0 Å². The number of ether oxygens (including phenoxy) is 1. The summed E-state index contributed by atoms with van der Waals surface area (Å²) in [5, 5.41) is 2.53. The third-order valence-corrected chi connectivity index (χ3v) is 5.20. The predicted molar refractivity (Wildman–Crippen MR) is 104 cm³/mol. The van der Waals surface area contributed by atoms with Crippen LogP contribution in [0.5, 0.6) is 0 Å². The average molecular weight is 435 g/mol. The Hall–Kier alpha value is -1.80. The average Bonchev–Trinajstić information content (AvgIpc) is 3.35. The number of rotatable bonds is 6. The van der Waals surface area contributed by atoms with Crippen molar-refractivity contribution < 1.29 is 27.5 Å². The van der Waals surface area contributed by atoms with Crippen molar-refractivity contribution in [2.24, 2.45) is 17.1 Å². The van der Waals surface area contributed by atoms with Crippen molar-refractivity contribution in [3.8, 4) is 0 Å². The molecule has 0 bridgehead atoms. The Morgan fingerprint density at radius 1 is 1.28 bits per heavy atom. The molecule has 1 amide bonds. The van der Waals surface area contributed by atoms with Crippen LogP contribution in [0.2, 0.25) is 5.02 Å². The van der Waals surface area contributed by atoms with E-state index >= 15 is 0 Å². The first kappa shape index (κ1) is 23.5. The molecule has 5 nitrogen and oxygen atoms in total. The number of benzene rings is 1. The molecular formula is C20H26ClF3N2O3. The molecule has 0 aliphatic heterocycles. The Morgan fingerprint density at radius 3 is 2.34 bits per heavy atom. The molecule has 0 radical (unpaired) electrons. The second kappa shape index (κ2) is 8.14. The van der Waals surface area contributed by atoms with E-state index < -0.39 is 35.1 Å². The molecule has 0 saturated heterocycles. The van der Waals surface area contributed by atoms with Crippen molar-refractivity contribution in [2.75, 3.05) is 5.32 Å². The predicted octanol–water partition coefficient (Wildman–Crippen LogP) is 4.47. The highest BCUT2D eigenvalue weighted by Crippen LogP contribution is 2.50. The monoisotopic (exact) mass is 434 g/mol. The lowest BCUT2D eigenvalue weighted by Crippen LogP contribution is -2.46. The quantitative estimate of drug-likeness (QED) is 0.647. The number of esters is 1. The fraction of sp³-hybridized carbons (Fsp3) is 0.600. The summed E-state index contributed by atoms with van der Waals surface area (Å²) in [5.41, 5.74) is 5.10. The van der Waals surface area contributed by atoms with E-state index in [1.807, 2.05) is 0 Å². The van der Waals surface area contributed by atoms with Crippen LogP contribution in [0.3, 0.4) is 0 Å². The molecule has 1 aliphatic carbocycles. The molecule has 0 heterocycles. The Bertz CT molecular complexity index is 786.